The summed E-state index contributed by atoms with van der Waals surface area (Å²) in [7, 11) is 0. The summed E-state index contributed by atoms with van der Waals surface area (Å²) >= 11 is 0. The average Bonchev–Trinajstić information content (AvgIpc) is 3.41. The SMILES string of the molecule is C1=Cc2ccccc2C2(c3ccccc31)c1ccccc1-c1cc(-c3nc(-c4ccccc4)cc(-c4ccc(-c5cccnc5)cc4)n3)ccc12. The topological polar surface area (TPSA) is 38.7 Å². The Morgan fingerprint density at radius 3 is 1.61 bits per heavy atom. The minimum absolute atomic E-state index is 0.463. The van der Waals surface area contributed by atoms with E-state index in [1.807, 2.05) is 18.3 Å². The first kappa shape index (κ1) is 29.2. The van der Waals surface area contributed by atoms with Crippen molar-refractivity contribution in [2.75, 3.05) is 0 Å². The second kappa shape index (κ2) is 11.7. The summed E-state index contributed by atoms with van der Waals surface area (Å²) in [6, 6.07) is 58.5. The Morgan fingerprint density at radius 1 is 0.373 bits per heavy atom. The van der Waals surface area contributed by atoms with E-state index in [9.17, 15) is 0 Å². The van der Waals surface area contributed by atoms with E-state index >= 15 is 0 Å². The molecule has 3 nitrogen and oxygen atoms in total. The van der Waals surface area contributed by atoms with E-state index in [0.717, 1.165) is 39.2 Å². The van der Waals surface area contributed by atoms with Gasteiger partial charge in [0.25, 0.3) is 0 Å². The number of benzene rings is 6. The lowest BCUT2D eigenvalue weighted by atomic mass is 9.66. The lowest BCUT2D eigenvalue weighted by Crippen LogP contribution is -2.29. The molecule has 2 aliphatic rings. The van der Waals surface area contributed by atoms with Gasteiger partial charge in [-0.2, -0.15) is 0 Å². The fraction of sp³-hybridized carbons (Fsp3) is 0.0208. The molecule has 2 heterocycles. The Kier molecular flexibility index (Phi) is 6.71. The summed E-state index contributed by atoms with van der Waals surface area (Å²) in [5.41, 5.74) is 16.7. The van der Waals surface area contributed by atoms with Gasteiger partial charge in [-0.1, -0.05) is 158 Å². The largest absolute Gasteiger partial charge is 0.264 e. The summed E-state index contributed by atoms with van der Waals surface area (Å²) in [6.45, 7) is 0. The minimum Gasteiger partial charge on any atom is -0.264 e. The van der Waals surface area contributed by atoms with Crippen molar-refractivity contribution >= 4 is 12.2 Å². The molecule has 2 aromatic heterocycles. The molecule has 8 aromatic rings. The molecule has 0 amide bonds. The number of rotatable bonds is 4. The van der Waals surface area contributed by atoms with Crippen LogP contribution in [0.25, 0.3) is 68.3 Å². The third kappa shape index (κ3) is 4.63. The van der Waals surface area contributed by atoms with Crippen LogP contribution in [0.3, 0.4) is 0 Å². The van der Waals surface area contributed by atoms with E-state index in [2.05, 4.69) is 169 Å². The standard InChI is InChI=1S/C48H31N3/c1-2-13-35(14-3-1)45-30-46(36-24-20-32(21-25-36)38-15-10-28-49-31-38)51-47(50-45)37-26-27-44-40(29-37)39-16-6-9-19-43(39)48(44)41-17-7-4-11-33(41)22-23-34-12-5-8-18-42(34)48/h1-31H. The maximum absolute atomic E-state index is 5.24. The van der Waals surface area contributed by atoms with Gasteiger partial charge < -0.3 is 0 Å². The van der Waals surface area contributed by atoms with Crippen molar-refractivity contribution in [3.8, 4) is 56.2 Å². The zero-order valence-electron chi connectivity index (χ0n) is 27.7. The summed E-state index contributed by atoms with van der Waals surface area (Å²) in [4.78, 5) is 14.8. The van der Waals surface area contributed by atoms with Crippen molar-refractivity contribution in [3.05, 3.63) is 210 Å². The van der Waals surface area contributed by atoms with Crippen LogP contribution in [0.5, 0.6) is 0 Å². The molecule has 2 aliphatic carbocycles. The van der Waals surface area contributed by atoms with Gasteiger partial charge in [-0.25, -0.2) is 9.97 Å². The van der Waals surface area contributed by atoms with Crippen molar-refractivity contribution in [1.29, 1.82) is 0 Å². The van der Waals surface area contributed by atoms with Gasteiger partial charge in [0.05, 0.1) is 16.8 Å². The van der Waals surface area contributed by atoms with Crippen molar-refractivity contribution < 1.29 is 0 Å². The molecule has 1 spiro atoms. The molecule has 0 saturated heterocycles. The van der Waals surface area contributed by atoms with Gasteiger partial charge in [-0.3, -0.25) is 4.98 Å². The molecule has 10 rings (SSSR count). The molecule has 51 heavy (non-hydrogen) atoms. The van der Waals surface area contributed by atoms with Crippen molar-refractivity contribution in [2.45, 2.75) is 5.41 Å². The summed E-state index contributed by atoms with van der Waals surface area (Å²) in [5, 5.41) is 0. The van der Waals surface area contributed by atoms with E-state index in [1.165, 1.54) is 44.5 Å². The highest BCUT2D eigenvalue weighted by atomic mass is 14.9. The molecular formula is C48H31N3. The molecule has 0 bridgehead atoms. The monoisotopic (exact) mass is 649 g/mol. The Morgan fingerprint density at radius 2 is 0.922 bits per heavy atom. The van der Waals surface area contributed by atoms with Crippen molar-refractivity contribution in [3.63, 3.8) is 0 Å². The summed E-state index contributed by atoms with van der Waals surface area (Å²) in [6.07, 6.45) is 8.23. The van der Waals surface area contributed by atoms with E-state index in [-0.39, 0.29) is 0 Å². The molecule has 0 atom stereocenters. The number of nitrogens with zero attached hydrogens (tertiary/aromatic N) is 3. The summed E-state index contributed by atoms with van der Waals surface area (Å²) < 4.78 is 0. The summed E-state index contributed by atoms with van der Waals surface area (Å²) in [5.74, 6) is 0.701. The normalized spacial score (nSPS) is 13.2. The molecule has 0 aliphatic heterocycles. The quantitative estimate of drug-likeness (QED) is 0.190. The van der Waals surface area contributed by atoms with E-state index < -0.39 is 5.41 Å². The maximum atomic E-state index is 5.24. The Hall–Kier alpha value is -6.71. The fourth-order valence-electron chi connectivity index (χ4n) is 8.14. The van der Waals surface area contributed by atoms with Gasteiger partial charge in [0.15, 0.2) is 5.82 Å². The molecule has 3 heteroatoms. The number of fused-ring (bicyclic) bond motifs is 9. The Labute approximate surface area is 297 Å². The van der Waals surface area contributed by atoms with Crippen LogP contribution in [-0.4, -0.2) is 15.0 Å². The Bertz CT molecular complexity index is 2570. The highest BCUT2D eigenvalue weighted by Gasteiger charge is 2.48. The number of pyridine rings is 1. The van der Waals surface area contributed by atoms with Gasteiger partial charge in [-0.15, -0.1) is 0 Å². The molecule has 0 saturated carbocycles. The van der Waals surface area contributed by atoms with Crippen LogP contribution < -0.4 is 0 Å². The van der Waals surface area contributed by atoms with Gasteiger partial charge in [0.1, 0.15) is 0 Å². The molecule has 0 radical (unpaired) electrons. The lowest BCUT2D eigenvalue weighted by Gasteiger charge is -2.35. The zero-order valence-corrected chi connectivity index (χ0v) is 27.7. The highest BCUT2D eigenvalue weighted by molar-refractivity contribution is 5.92. The van der Waals surface area contributed by atoms with E-state index in [0.29, 0.717) is 5.82 Å². The Balaban J connectivity index is 1.17. The first-order valence-corrected chi connectivity index (χ1v) is 17.3. The van der Waals surface area contributed by atoms with Gasteiger partial charge in [0, 0.05) is 29.1 Å². The van der Waals surface area contributed by atoms with Gasteiger partial charge in [0.2, 0.25) is 0 Å². The first-order valence-electron chi connectivity index (χ1n) is 17.3. The zero-order chi connectivity index (χ0) is 33.8. The first-order chi connectivity index (χ1) is 25.3. The molecular weight excluding hydrogens is 619 g/mol. The van der Waals surface area contributed by atoms with Crippen LogP contribution in [0.4, 0.5) is 0 Å². The van der Waals surface area contributed by atoms with Crippen LogP contribution in [0.1, 0.15) is 33.4 Å². The maximum Gasteiger partial charge on any atom is 0.160 e. The number of aromatic nitrogens is 3. The minimum atomic E-state index is -0.463. The fourth-order valence-corrected chi connectivity index (χ4v) is 8.14. The highest BCUT2D eigenvalue weighted by Crippen LogP contribution is 2.58. The van der Waals surface area contributed by atoms with Crippen LogP contribution >= 0.6 is 0 Å². The van der Waals surface area contributed by atoms with Gasteiger partial charge >= 0.3 is 0 Å². The molecule has 0 N–H and O–H groups in total. The van der Waals surface area contributed by atoms with E-state index in [1.54, 1.807) is 6.20 Å². The van der Waals surface area contributed by atoms with Crippen molar-refractivity contribution in [1.82, 2.24) is 15.0 Å². The molecule has 0 fully saturated rings. The third-order valence-corrected chi connectivity index (χ3v) is 10.4. The lowest BCUT2D eigenvalue weighted by molar-refractivity contribution is 0.766. The predicted molar refractivity (Wildman–Crippen MR) is 208 cm³/mol. The van der Waals surface area contributed by atoms with E-state index in [4.69, 9.17) is 9.97 Å². The van der Waals surface area contributed by atoms with Crippen LogP contribution in [0.2, 0.25) is 0 Å². The van der Waals surface area contributed by atoms with Crippen molar-refractivity contribution in [2.24, 2.45) is 0 Å². The average molecular weight is 650 g/mol. The van der Waals surface area contributed by atoms with Crippen LogP contribution in [0.15, 0.2) is 176 Å². The molecule has 0 unspecified atom stereocenters. The molecule has 238 valence electrons. The smallest absolute Gasteiger partial charge is 0.160 e. The second-order valence-electron chi connectivity index (χ2n) is 13.2. The predicted octanol–water partition coefficient (Wildman–Crippen LogP) is 11.4. The van der Waals surface area contributed by atoms with Crippen LogP contribution in [0, 0.1) is 0 Å². The van der Waals surface area contributed by atoms with Gasteiger partial charge in [-0.05, 0) is 73.8 Å². The molecule has 6 aromatic carbocycles. The second-order valence-corrected chi connectivity index (χ2v) is 13.2. The van der Waals surface area contributed by atoms with Crippen LogP contribution in [-0.2, 0) is 5.41 Å². The third-order valence-electron chi connectivity index (χ3n) is 10.4. The number of hydrogen-bond donors (Lipinski definition) is 0. The number of hydrogen-bond acceptors (Lipinski definition) is 3.